The van der Waals surface area contributed by atoms with E-state index in [1.807, 2.05) is 30.3 Å². The number of aryl methyl sites for hydroxylation is 1. The molecule has 2 heterocycles. The van der Waals surface area contributed by atoms with Crippen molar-refractivity contribution in [3.05, 3.63) is 102 Å². The minimum atomic E-state index is -3.92. The molecule has 168 valence electrons. The monoisotopic (exact) mass is 463 g/mol. The molecule has 1 aliphatic rings. The Hall–Kier alpha value is -3.82. The molecule has 0 spiro atoms. The van der Waals surface area contributed by atoms with Gasteiger partial charge in [0.25, 0.3) is 5.91 Å². The predicted octanol–water partition coefficient (Wildman–Crippen LogP) is 2.83. The van der Waals surface area contributed by atoms with E-state index in [0.717, 1.165) is 5.56 Å². The second kappa shape index (κ2) is 8.97. The molecule has 0 saturated carbocycles. The van der Waals surface area contributed by atoms with Gasteiger partial charge < -0.3 is 5.11 Å². The van der Waals surface area contributed by atoms with Crippen molar-refractivity contribution in [2.45, 2.75) is 23.8 Å². The predicted molar refractivity (Wildman–Crippen MR) is 122 cm³/mol. The number of amides is 1. The topological polar surface area (TPSA) is 131 Å². The summed E-state index contributed by atoms with van der Waals surface area (Å²) in [5.41, 5.74) is 1.86. The van der Waals surface area contributed by atoms with Crippen LogP contribution in [-0.2, 0) is 26.0 Å². The maximum Gasteiger partial charge on any atom is 0.294 e. The number of primary sulfonamides is 1. The third-order valence-electron chi connectivity index (χ3n) is 5.46. The normalized spacial score (nSPS) is 16.3. The molecule has 1 aliphatic heterocycles. The fourth-order valence-electron chi connectivity index (χ4n) is 3.85. The highest BCUT2D eigenvalue weighted by molar-refractivity contribution is 7.89. The number of aliphatic hydroxyl groups is 1. The number of benzene rings is 2. The van der Waals surface area contributed by atoms with Crippen LogP contribution in [0.3, 0.4) is 0 Å². The number of aromatic nitrogens is 1. The van der Waals surface area contributed by atoms with Crippen molar-refractivity contribution in [2.75, 3.05) is 4.90 Å². The van der Waals surface area contributed by atoms with Gasteiger partial charge in [-0.25, -0.2) is 13.6 Å². The molecule has 1 amide bonds. The Labute approximate surface area is 191 Å². The fraction of sp³-hybridized carbons (Fsp3) is 0.125. The van der Waals surface area contributed by atoms with Crippen LogP contribution in [0.1, 0.15) is 23.6 Å². The van der Waals surface area contributed by atoms with Crippen LogP contribution in [0.5, 0.6) is 0 Å². The summed E-state index contributed by atoms with van der Waals surface area (Å²) in [6, 6.07) is 17.2. The van der Waals surface area contributed by atoms with E-state index in [9.17, 15) is 23.1 Å². The summed E-state index contributed by atoms with van der Waals surface area (Å²) in [6.07, 6.45) is 3.63. The summed E-state index contributed by atoms with van der Waals surface area (Å²) in [5, 5.41) is 15.9. The van der Waals surface area contributed by atoms with Crippen LogP contribution >= 0.6 is 0 Å². The molecule has 3 N–H and O–H groups in total. The molecular weight excluding hydrogens is 442 g/mol. The Morgan fingerprint density at radius 1 is 1.00 bits per heavy atom. The van der Waals surface area contributed by atoms with Crippen LogP contribution in [0.15, 0.2) is 95.4 Å². The molecule has 0 radical (unpaired) electrons. The maximum atomic E-state index is 13.2. The molecule has 0 bridgehead atoms. The number of ketones is 1. The van der Waals surface area contributed by atoms with E-state index in [2.05, 4.69) is 4.98 Å². The summed E-state index contributed by atoms with van der Waals surface area (Å²) >= 11 is 0. The van der Waals surface area contributed by atoms with Gasteiger partial charge in [-0.3, -0.25) is 19.5 Å². The average Bonchev–Trinajstić information content (AvgIpc) is 3.09. The third-order valence-corrected chi connectivity index (χ3v) is 6.39. The van der Waals surface area contributed by atoms with E-state index in [0.29, 0.717) is 17.7 Å². The van der Waals surface area contributed by atoms with Crippen LogP contribution in [0.4, 0.5) is 5.69 Å². The Balaban J connectivity index is 1.71. The van der Waals surface area contributed by atoms with Crippen molar-refractivity contribution in [1.29, 1.82) is 0 Å². The highest BCUT2D eigenvalue weighted by atomic mass is 32.2. The first-order chi connectivity index (χ1) is 15.8. The lowest BCUT2D eigenvalue weighted by molar-refractivity contribution is -0.118. The number of aliphatic hydroxyl groups excluding tert-OH is 1. The van der Waals surface area contributed by atoms with Crippen molar-refractivity contribution in [3.8, 4) is 0 Å². The smallest absolute Gasteiger partial charge is 0.294 e. The number of carbonyl (C=O) groups is 2. The van der Waals surface area contributed by atoms with Gasteiger partial charge in [-0.2, -0.15) is 0 Å². The molecule has 1 atom stereocenters. The number of nitrogens with two attached hydrogens (primary N) is 1. The van der Waals surface area contributed by atoms with Gasteiger partial charge in [0.05, 0.1) is 16.5 Å². The van der Waals surface area contributed by atoms with E-state index >= 15 is 0 Å². The first-order valence-electron chi connectivity index (χ1n) is 10.1. The van der Waals surface area contributed by atoms with Gasteiger partial charge in [0.1, 0.15) is 0 Å². The first-order valence-corrected chi connectivity index (χ1v) is 11.7. The summed E-state index contributed by atoms with van der Waals surface area (Å²) in [4.78, 5) is 31.4. The number of rotatable bonds is 7. The van der Waals surface area contributed by atoms with Crippen LogP contribution in [0.2, 0.25) is 0 Å². The SMILES string of the molecule is NS(=O)(=O)c1ccc(N2C(=O)C(O)=C(C(=O)CCc3ccccc3)C2c2ccncc2)cc1. The number of Topliss-reactive ketones (excluding diaryl/α,β-unsaturated/α-hetero) is 1. The third kappa shape index (κ3) is 4.55. The quantitative estimate of drug-likeness (QED) is 0.554. The zero-order chi connectivity index (χ0) is 23.6. The van der Waals surface area contributed by atoms with Crippen molar-refractivity contribution in [1.82, 2.24) is 4.98 Å². The molecule has 33 heavy (non-hydrogen) atoms. The Kier molecular flexibility index (Phi) is 6.08. The molecular formula is C24H21N3O5S. The van der Waals surface area contributed by atoms with E-state index in [-0.39, 0.29) is 22.7 Å². The number of nitrogens with zero attached hydrogens (tertiary/aromatic N) is 2. The second-order valence-electron chi connectivity index (χ2n) is 7.57. The van der Waals surface area contributed by atoms with Crippen LogP contribution in [0, 0.1) is 0 Å². The van der Waals surface area contributed by atoms with Crippen molar-refractivity contribution in [2.24, 2.45) is 5.14 Å². The number of hydrogen-bond acceptors (Lipinski definition) is 6. The minimum absolute atomic E-state index is 0.00217. The first kappa shape index (κ1) is 22.4. The van der Waals surface area contributed by atoms with Gasteiger partial charge in [0.2, 0.25) is 10.0 Å². The number of carbonyl (C=O) groups excluding carboxylic acids is 2. The largest absolute Gasteiger partial charge is 0.503 e. The molecule has 0 saturated heterocycles. The molecule has 4 rings (SSSR count). The van der Waals surface area contributed by atoms with Gasteiger partial charge in [-0.05, 0) is 53.9 Å². The van der Waals surface area contributed by atoms with Crippen LogP contribution < -0.4 is 10.0 Å². The van der Waals surface area contributed by atoms with Gasteiger partial charge in [0, 0.05) is 24.5 Å². The molecule has 0 fully saturated rings. The Morgan fingerprint density at radius 2 is 1.64 bits per heavy atom. The summed E-state index contributed by atoms with van der Waals surface area (Å²) in [5.74, 6) is -1.72. The Morgan fingerprint density at radius 3 is 2.24 bits per heavy atom. The highest BCUT2D eigenvalue weighted by Gasteiger charge is 2.44. The molecule has 1 aromatic heterocycles. The maximum absolute atomic E-state index is 13.2. The molecule has 0 aliphatic carbocycles. The van der Waals surface area contributed by atoms with Crippen molar-refractivity contribution < 1.29 is 23.1 Å². The average molecular weight is 464 g/mol. The van der Waals surface area contributed by atoms with Gasteiger partial charge >= 0.3 is 0 Å². The van der Waals surface area contributed by atoms with Gasteiger partial charge in [0.15, 0.2) is 11.5 Å². The highest BCUT2D eigenvalue weighted by Crippen LogP contribution is 2.41. The standard InChI is InChI=1S/C24H21N3O5S/c25-33(31,32)19-9-7-18(8-10-19)27-22(17-12-14-26-15-13-17)21(23(29)24(27)30)20(28)11-6-16-4-2-1-3-5-16/h1-5,7-10,12-15,22,29H,6,11H2,(H2,25,31,32). The van der Waals surface area contributed by atoms with Gasteiger partial charge in [-0.1, -0.05) is 30.3 Å². The van der Waals surface area contributed by atoms with Gasteiger partial charge in [-0.15, -0.1) is 0 Å². The van der Waals surface area contributed by atoms with E-state index < -0.39 is 27.7 Å². The van der Waals surface area contributed by atoms with E-state index in [4.69, 9.17) is 5.14 Å². The summed E-state index contributed by atoms with van der Waals surface area (Å²) in [6.45, 7) is 0. The number of hydrogen-bond donors (Lipinski definition) is 2. The fourth-order valence-corrected chi connectivity index (χ4v) is 4.37. The van der Waals surface area contributed by atoms with Crippen molar-refractivity contribution in [3.63, 3.8) is 0 Å². The molecule has 2 aromatic carbocycles. The molecule has 8 nitrogen and oxygen atoms in total. The second-order valence-corrected chi connectivity index (χ2v) is 9.13. The van der Waals surface area contributed by atoms with E-state index in [1.165, 1.54) is 41.6 Å². The summed E-state index contributed by atoms with van der Waals surface area (Å²) in [7, 11) is -3.92. The number of pyridine rings is 1. The molecule has 3 aromatic rings. The van der Waals surface area contributed by atoms with Crippen LogP contribution in [-0.4, -0.2) is 30.2 Å². The molecule has 9 heteroatoms. The zero-order valence-corrected chi connectivity index (χ0v) is 18.3. The number of anilines is 1. The Bertz CT molecular complexity index is 1320. The minimum Gasteiger partial charge on any atom is -0.503 e. The lowest BCUT2D eigenvalue weighted by Gasteiger charge is -2.27. The summed E-state index contributed by atoms with van der Waals surface area (Å²) < 4.78 is 23.2. The van der Waals surface area contributed by atoms with Crippen LogP contribution in [0.25, 0.3) is 0 Å². The lowest BCUT2D eigenvalue weighted by Crippen LogP contribution is -2.31. The molecule has 1 unspecified atom stereocenters. The number of sulfonamides is 1. The van der Waals surface area contributed by atoms with E-state index in [1.54, 1.807) is 12.1 Å². The zero-order valence-electron chi connectivity index (χ0n) is 17.5. The van der Waals surface area contributed by atoms with Crippen molar-refractivity contribution >= 4 is 27.4 Å². The lowest BCUT2D eigenvalue weighted by atomic mass is 9.93.